The lowest BCUT2D eigenvalue weighted by molar-refractivity contribution is 0.193. The molecule has 0 amide bonds. The fourth-order valence-electron chi connectivity index (χ4n) is 1.96. The normalized spacial score (nSPS) is 12.2. The monoisotopic (exact) mass is 353 g/mol. The number of benzene rings is 2. The Balaban J connectivity index is 2.21. The zero-order valence-electron chi connectivity index (χ0n) is 11.3. The van der Waals surface area contributed by atoms with E-state index in [0.717, 1.165) is 28.8 Å². The maximum absolute atomic E-state index is 6.14. The van der Waals surface area contributed by atoms with Crippen molar-refractivity contribution >= 4 is 27.5 Å². The van der Waals surface area contributed by atoms with Crippen LogP contribution in [0.15, 0.2) is 53.0 Å². The van der Waals surface area contributed by atoms with Gasteiger partial charge in [-0.05, 0) is 53.3 Å². The van der Waals surface area contributed by atoms with Crippen molar-refractivity contribution in [2.24, 2.45) is 0 Å². The highest BCUT2D eigenvalue weighted by Gasteiger charge is 2.14. The zero-order chi connectivity index (χ0) is 14.4. The molecule has 0 fully saturated rings. The van der Waals surface area contributed by atoms with Gasteiger partial charge in [-0.25, -0.2) is 0 Å². The van der Waals surface area contributed by atoms with E-state index in [-0.39, 0.29) is 6.10 Å². The van der Waals surface area contributed by atoms with Crippen LogP contribution < -0.4 is 10.1 Å². The highest BCUT2D eigenvalue weighted by molar-refractivity contribution is 9.10. The third-order valence-electron chi connectivity index (χ3n) is 2.99. The first-order valence-corrected chi connectivity index (χ1v) is 7.69. The summed E-state index contributed by atoms with van der Waals surface area (Å²) in [6, 6.07) is 15.8. The Hall–Kier alpha value is -1.03. The fourth-order valence-corrected chi connectivity index (χ4v) is 2.46. The van der Waals surface area contributed by atoms with Crippen molar-refractivity contribution in [3.05, 3.63) is 63.6 Å². The molecule has 0 aliphatic carbocycles. The topological polar surface area (TPSA) is 21.3 Å². The van der Waals surface area contributed by atoms with Gasteiger partial charge in [-0.3, -0.25) is 0 Å². The van der Waals surface area contributed by atoms with E-state index in [9.17, 15) is 0 Å². The van der Waals surface area contributed by atoms with E-state index in [1.807, 2.05) is 43.4 Å². The van der Waals surface area contributed by atoms with Gasteiger partial charge in [0.2, 0.25) is 0 Å². The van der Waals surface area contributed by atoms with Crippen LogP contribution in [0.4, 0.5) is 0 Å². The summed E-state index contributed by atoms with van der Waals surface area (Å²) >= 11 is 9.54. The lowest BCUT2D eigenvalue weighted by Gasteiger charge is -2.20. The van der Waals surface area contributed by atoms with E-state index in [0.29, 0.717) is 5.02 Å². The van der Waals surface area contributed by atoms with Crippen molar-refractivity contribution in [3.63, 3.8) is 0 Å². The molecular formula is C16H17BrClNO. The van der Waals surface area contributed by atoms with Crippen LogP contribution in [0.3, 0.4) is 0 Å². The second-order valence-electron chi connectivity index (χ2n) is 4.48. The molecule has 2 nitrogen and oxygen atoms in total. The van der Waals surface area contributed by atoms with E-state index in [1.54, 1.807) is 0 Å². The van der Waals surface area contributed by atoms with Crippen molar-refractivity contribution in [2.45, 2.75) is 12.5 Å². The van der Waals surface area contributed by atoms with Crippen molar-refractivity contribution in [1.82, 2.24) is 5.32 Å². The van der Waals surface area contributed by atoms with Gasteiger partial charge in [0.05, 0.1) is 4.47 Å². The molecule has 4 heteroatoms. The molecule has 0 saturated heterocycles. The second-order valence-corrected chi connectivity index (χ2v) is 5.77. The van der Waals surface area contributed by atoms with E-state index in [2.05, 4.69) is 33.4 Å². The molecule has 106 valence electrons. The molecule has 0 saturated carbocycles. The number of hydrogen-bond donors (Lipinski definition) is 1. The molecule has 1 N–H and O–H groups in total. The summed E-state index contributed by atoms with van der Waals surface area (Å²) in [4.78, 5) is 0. The van der Waals surface area contributed by atoms with E-state index >= 15 is 0 Å². The molecule has 1 atom stereocenters. The summed E-state index contributed by atoms with van der Waals surface area (Å²) in [5.41, 5.74) is 1.16. The minimum Gasteiger partial charge on any atom is -0.484 e. The van der Waals surface area contributed by atoms with Gasteiger partial charge >= 0.3 is 0 Å². The van der Waals surface area contributed by atoms with Gasteiger partial charge in [-0.1, -0.05) is 41.9 Å². The van der Waals surface area contributed by atoms with Crippen LogP contribution in [0.5, 0.6) is 5.75 Å². The van der Waals surface area contributed by atoms with Gasteiger partial charge in [0.1, 0.15) is 11.9 Å². The smallest absolute Gasteiger partial charge is 0.135 e. The molecular weight excluding hydrogens is 338 g/mol. The molecule has 0 bridgehead atoms. The average molecular weight is 355 g/mol. The fraction of sp³-hybridized carbons (Fsp3) is 0.250. The quantitative estimate of drug-likeness (QED) is 0.802. The molecule has 0 spiro atoms. The Bertz CT molecular complexity index is 547. The molecule has 2 rings (SSSR count). The maximum Gasteiger partial charge on any atom is 0.135 e. The van der Waals surface area contributed by atoms with Crippen molar-refractivity contribution in [3.8, 4) is 5.75 Å². The SMILES string of the molecule is CNCCC(Oc1cc(Cl)ccc1Br)c1ccccc1. The van der Waals surface area contributed by atoms with Crippen molar-refractivity contribution in [1.29, 1.82) is 0 Å². The summed E-state index contributed by atoms with van der Waals surface area (Å²) in [5, 5.41) is 3.83. The Morgan fingerprint density at radius 3 is 2.65 bits per heavy atom. The number of hydrogen-bond acceptors (Lipinski definition) is 2. The summed E-state index contributed by atoms with van der Waals surface area (Å²) in [6.45, 7) is 0.887. The third-order valence-corrected chi connectivity index (χ3v) is 3.88. The number of ether oxygens (including phenoxy) is 1. The van der Waals surface area contributed by atoms with Crippen molar-refractivity contribution < 1.29 is 4.74 Å². The Labute approximate surface area is 133 Å². The maximum atomic E-state index is 6.14. The standard InChI is InChI=1S/C16H17BrClNO/c1-19-10-9-15(12-5-3-2-4-6-12)20-16-11-13(18)7-8-14(16)17/h2-8,11,15,19H,9-10H2,1H3. The van der Waals surface area contributed by atoms with E-state index in [1.165, 1.54) is 0 Å². The summed E-state index contributed by atoms with van der Waals surface area (Å²) < 4.78 is 7.05. The first kappa shape index (κ1) is 15.4. The molecule has 2 aromatic carbocycles. The highest BCUT2D eigenvalue weighted by atomic mass is 79.9. The van der Waals surface area contributed by atoms with E-state index in [4.69, 9.17) is 16.3 Å². The lowest BCUT2D eigenvalue weighted by atomic mass is 10.1. The van der Waals surface area contributed by atoms with Crippen molar-refractivity contribution in [2.75, 3.05) is 13.6 Å². The van der Waals surface area contributed by atoms with Crippen LogP contribution in [-0.2, 0) is 0 Å². The predicted octanol–water partition coefficient (Wildman–Crippen LogP) is 4.83. The van der Waals surface area contributed by atoms with Gasteiger partial charge in [0.25, 0.3) is 0 Å². The summed E-state index contributed by atoms with van der Waals surface area (Å²) in [5.74, 6) is 0.766. The van der Waals surface area contributed by atoms with Gasteiger partial charge in [-0.2, -0.15) is 0 Å². The molecule has 0 radical (unpaired) electrons. The predicted molar refractivity (Wildman–Crippen MR) is 87.5 cm³/mol. The summed E-state index contributed by atoms with van der Waals surface area (Å²) in [6.07, 6.45) is 0.887. The Morgan fingerprint density at radius 1 is 1.20 bits per heavy atom. The van der Waals surface area contributed by atoms with Gasteiger partial charge in [0.15, 0.2) is 0 Å². The van der Waals surface area contributed by atoms with Gasteiger partial charge in [0, 0.05) is 11.4 Å². The van der Waals surface area contributed by atoms with Gasteiger partial charge < -0.3 is 10.1 Å². The number of nitrogens with one attached hydrogen (secondary N) is 1. The molecule has 1 unspecified atom stereocenters. The first-order valence-electron chi connectivity index (χ1n) is 6.52. The van der Waals surface area contributed by atoms with E-state index < -0.39 is 0 Å². The van der Waals surface area contributed by atoms with Crippen LogP contribution >= 0.6 is 27.5 Å². The van der Waals surface area contributed by atoms with Crippen LogP contribution in [-0.4, -0.2) is 13.6 Å². The average Bonchev–Trinajstić information content (AvgIpc) is 2.48. The minimum atomic E-state index is -0.00147. The zero-order valence-corrected chi connectivity index (χ0v) is 13.6. The number of rotatable bonds is 6. The largest absolute Gasteiger partial charge is 0.484 e. The molecule has 0 heterocycles. The molecule has 20 heavy (non-hydrogen) atoms. The number of halogens is 2. The molecule has 2 aromatic rings. The van der Waals surface area contributed by atoms with Gasteiger partial charge in [-0.15, -0.1) is 0 Å². The molecule has 0 aliphatic heterocycles. The second kappa shape index (κ2) is 7.67. The minimum absolute atomic E-state index is 0.00147. The Morgan fingerprint density at radius 2 is 1.95 bits per heavy atom. The van der Waals surface area contributed by atoms with Crippen LogP contribution in [0.1, 0.15) is 18.1 Å². The summed E-state index contributed by atoms with van der Waals surface area (Å²) in [7, 11) is 1.94. The van der Waals surface area contributed by atoms with Crippen LogP contribution in [0, 0.1) is 0 Å². The molecule has 0 aromatic heterocycles. The third kappa shape index (κ3) is 4.23. The Kier molecular flexibility index (Phi) is 5.89. The van der Waals surface area contributed by atoms with Crippen LogP contribution in [0.2, 0.25) is 5.02 Å². The highest BCUT2D eigenvalue weighted by Crippen LogP contribution is 2.33. The first-order chi connectivity index (χ1) is 9.70. The van der Waals surface area contributed by atoms with Crippen LogP contribution in [0.25, 0.3) is 0 Å². The lowest BCUT2D eigenvalue weighted by Crippen LogP contribution is -2.16. The molecule has 0 aliphatic rings.